The molecular weight excluding hydrogens is 281 g/mol. The summed E-state index contributed by atoms with van der Waals surface area (Å²) >= 11 is 3.45. The number of para-hydroxylation sites is 1. The van der Waals surface area contributed by atoms with Crippen LogP contribution in [0.25, 0.3) is 0 Å². The van der Waals surface area contributed by atoms with E-state index < -0.39 is 0 Å². The molecule has 2 aromatic carbocycles. The molecular formula is C14H13BrFN. The van der Waals surface area contributed by atoms with Gasteiger partial charge in [0.15, 0.2) is 0 Å². The fourth-order valence-corrected chi connectivity index (χ4v) is 2.06. The first-order valence-corrected chi connectivity index (χ1v) is 6.19. The summed E-state index contributed by atoms with van der Waals surface area (Å²) in [7, 11) is 0. The Labute approximate surface area is 109 Å². The van der Waals surface area contributed by atoms with Crippen LogP contribution in [0.3, 0.4) is 0 Å². The molecule has 2 rings (SSSR count). The van der Waals surface area contributed by atoms with Gasteiger partial charge in [-0.1, -0.05) is 29.8 Å². The van der Waals surface area contributed by atoms with Crippen molar-refractivity contribution in [3.8, 4) is 0 Å². The van der Waals surface area contributed by atoms with Gasteiger partial charge in [-0.15, -0.1) is 0 Å². The molecule has 0 aromatic heterocycles. The van der Waals surface area contributed by atoms with Crippen LogP contribution in [0.1, 0.15) is 11.1 Å². The van der Waals surface area contributed by atoms with E-state index >= 15 is 0 Å². The lowest BCUT2D eigenvalue weighted by atomic mass is 10.1. The van der Waals surface area contributed by atoms with E-state index in [2.05, 4.69) is 21.2 Å². The van der Waals surface area contributed by atoms with Crippen LogP contribution in [0, 0.1) is 12.7 Å². The van der Waals surface area contributed by atoms with E-state index in [1.165, 1.54) is 6.07 Å². The van der Waals surface area contributed by atoms with Gasteiger partial charge in [-0.2, -0.15) is 0 Å². The third-order valence-corrected chi connectivity index (χ3v) is 3.24. The molecule has 0 heterocycles. The summed E-state index contributed by atoms with van der Waals surface area (Å²) in [6.45, 7) is 2.44. The number of hydrogen-bond acceptors (Lipinski definition) is 1. The molecule has 17 heavy (non-hydrogen) atoms. The SMILES string of the molecule is Cc1ccc(F)c(CNc2ccccc2Br)c1. The maximum absolute atomic E-state index is 13.5. The number of halogens is 2. The molecule has 0 aliphatic heterocycles. The van der Waals surface area contributed by atoms with Crippen molar-refractivity contribution in [2.75, 3.05) is 5.32 Å². The van der Waals surface area contributed by atoms with Crippen LogP contribution in [0.2, 0.25) is 0 Å². The molecule has 0 bridgehead atoms. The summed E-state index contributed by atoms with van der Waals surface area (Å²) in [5.74, 6) is -0.171. The number of hydrogen-bond donors (Lipinski definition) is 1. The number of anilines is 1. The Hall–Kier alpha value is -1.35. The normalized spacial score (nSPS) is 10.3. The second-order valence-corrected chi connectivity index (χ2v) is 4.78. The van der Waals surface area contributed by atoms with Gasteiger partial charge in [-0.05, 0) is 41.1 Å². The smallest absolute Gasteiger partial charge is 0.128 e. The quantitative estimate of drug-likeness (QED) is 0.878. The molecule has 0 atom stereocenters. The number of nitrogens with one attached hydrogen (secondary N) is 1. The van der Waals surface area contributed by atoms with Crippen LogP contribution in [-0.4, -0.2) is 0 Å². The molecule has 0 fully saturated rings. The fraction of sp³-hybridized carbons (Fsp3) is 0.143. The fourth-order valence-electron chi connectivity index (χ4n) is 1.63. The third-order valence-electron chi connectivity index (χ3n) is 2.54. The van der Waals surface area contributed by atoms with Gasteiger partial charge in [0.25, 0.3) is 0 Å². The van der Waals surface area contributed by atoms with Crippen LogP contribution < -0.4 is 5.32 Å². The third kappa shape index (κ3) is 3.07. The maximum Gasteiger partial charge on any atom is 0.128 e. The molecule has 2 aromatic rings. The van der Waals surface area contributed by atoms with Crippen LogP contribution in [0.4, 0.5) is 10.1 Å². The Balaban J connectivity index is 2.12. The van der Waals surface area contributed by atoms with Crippen molar-refractivity contribution in [3.05, 3.63) is 63.9 Å². The van der Waals surface area contributed by atoms with E-state index in [-0.39, 0.29) is 5.82 Å². The Bertz CT molecular complexity index is 525. The van der Waals surface area contributed by atoms with E-state index in [0.29, 0.717) is 12.1 Å². The van der Waals surface area contributed by atoms with Crippen molar-refractivity contribution in [2.45, 2.75) is 13.5 Å². The highest BCUT2D eigenvalue weighted by molar-refractivity contribution is 9.10. The first-order chi connectivity index (χ1) is 8.16. The molecule has 0 aliphatic rings. The second kappa shape index (κ2) is 5.32. The Kier molecular flexibility index (Phi) is 3.79. The van der Waals surface area contributed by atoms with Gasteiger partial charge < -0.3 is 5.32 Å². The van der Waals surface area contributed by atoms with Gasteiger partial charge in [0.1, 0.15) is 5.82 Å². The zero-order valence-corrected chi connectivity index (χ0v) is 11.1. The predicted molar refractivity (Wildman–Crippen MR) is 72.6 cm³/mol. The average molecular weight is 294 g/mol. The van der Waals surface area contributed by atoms with Gasteiger partial charge in [-0.3, -0.25) is 0 Å². The summed E-state index contributed by atoms with van der Waals surface area (Å²) < 4.78 is 14.5. The molecule has 1 nitrogen and oxygen atoms in total. The molecule has 0 spiro atoms. The van der Waals surface area contributed by atoms with Crippen molar-refractivity contribution in [2.24, 2.45) is 0 Å². The lowest BCUT2D eigenvalue weighted by molar-refractivity contribution is 0.612. The number of benzene rings is 2. The van der Waals surface area contributed by atoms with Gasteiger partial charge in [0.2, 0.25) is 0 Å². The molecule has 0 saturated heterocycles. The zero-order chi connectivity index (χ0) is 12.3. The molecule has 0 amide bonds. The minimum atomic E-state index is -0.171. The summed E-state index contributed by atoms with van der Waals surface area (Å²) in [5.41, 5.74) is 2.71. The molecule has 3 heteroatoms. The van der Waals surface area contributed by atoms with E-state index in [1.807, 2.05) is 37.3 Å². The summed E-state index contributed by atoms with van der Waals surface area (Å²) in [5, 5.41) is 3.21. The minimum absolute atomic E-state index is 0.171. The van der Waals surface area contributed by atoms with Crippen LogP contribution in [-0.2, 0) is 6.54 Å². The van der Waals surface area contributed by atoms with Gasteiger partial charge in [0.05, 0.1) is 0 Å². The standard InChI is InChI=1S/C14H13BrFN/c1-10-6-7-13(16)11(8-10)9-17-14-5-3-2-4-12(14)15/h2-8,17H,9H2,1H3. The van der Waals surface area contributed by atoms with Crippen molar-refractivity contribution in [1.29, 1.82) is 0 Å². The lowest BCUT2D eigenvalue weighted by Gasteiger charge is -2.09. The van der Waals surface area contributed by atoms with Gasteiger partial charge >= 0.3 is 0 Å². The minimum Gasteiger partial charge on any atom is -0.380 e. The van der Waals surface area contributed by atoms with Crippen LogP contribution in [0.15, 0.2) is 46.9 Å². The van der Waals surface area contributed by atoms with E-state index in [0.717, 1.165) is 15.7 Å². The highest BCUT2D eigenvalue weighted by Crippen LogP contribution is 2.22. The first kappa shape index (κ1) is 12.1. The first-order valence-electron chi connectivity index (χ1n) is 5.40. The summed E-state index contributed by atoms with van der Waals surface area (Å²) in [6, 6.07) is 12.9. The Morgan fingerprint density at radius 3 is 2.71 bits per heavy atom. The monoisotopic (exact) mass is 293 g/mol. The highest BCUT2D eigenvalue weighted by atomic mass is 79.9. The summed E-state index contributed by atoms with van der Waals surface area (Å²) in [4.78, 5) is 0. The zero-order valence-electron chi connectivity index (χ0n) is 9.50. The number of rotatable bonds is 3. The van der Waals surface area contributed by atoms with E-state index in [4.69, 9.17) is 0 Å². The number of aryl methyl sites for hydroxylation is 1. The largest absolute Gasteiger partial charge is 0.380 e. The molecule has 1 N–H and O–H groups in total. The second-order valence-electron chi connectivity index (χ2n) is 3.93. The summed E-state index contributed by atoms with van der Waals surface area (Å²) in [6.07, 6.45) is 0. The topological polar surface area (TPSA) is 12.0 Å². The van der Waals surface area contributed by atoms with E-state index in [1.54, 1.807) is 6.07 Å². The van der Waals surface area contributed by atoms with Crippen molar-refractivity contribution in [3.63, 3.8) is 0 Å². The van der Waals surface area contributed by atoms with E-state index in [9.17, 15) is 4.39 Å². The average Bonchev–Trinajstić information content (AvgIpc) is 2.32. The lowest BCUT2D eigenvalue weighted by Crippen LogP contribution is -2.02. The molecule has 0 aliphatic carbocycles. The van der Waals surface area contributed by atoms with Crippen LogP contribution >= 0.6 is 15.9 Å². The van der Waals surface area contributed by atoms with Gasteiger partial charge in [-0.25, -0.2) is 4.39 Å². The van der Waals surface area contributed by atoms with Crippen LogP contribution in [0.5, 0.6) is 0 Å². The van der Waals surface area contributed by atoms with Crippen molar-refractivity contribution >= 4 is 21.6 Å². The molecule has 88 valence electrons. The predicted octanol–water partition coefficient (Wildman–Crippen LogP) is 4.51. The van der Waals surface area contributed by atoms with Crippen molar-refractivity contribution < 1.29 is 4.39 Å². The molecule has 0 radical (unpaired) electrons. The van der Waals surface area contributed by atoms with Gasteiger partial charge in [0, 0.05) is 22.3 Å². The molecule has 0 saturated carbocycles. The maximum atomic E-state index is 13.5. The van der Waals surface area contributed by atoms with Crippen molar-refractivity contribution in [1.82, 2.24) is 0 Å². The highest BCUT2D eigenvalue weighted by Gasteiger charge is 2.03. The Morgan fingerprint density at radius 1 is 1.18 bits per heavy atom. The Morgan fingerprint density at radius 2 is 1.94 bits per heavy atom. The molecule has 0 unspecified atom stereocenters.